The van der Waals surface area contributed by atoms with Gasteiger partial charge in [0.2, 0.25) is 11.8 Å². The van der Waals surface area contributed by atoms with Crippen LogP contribution in [0.25, 0.3) is 0 Å². The number of rotatable bonds is 11. The average Bonchev–Trinajstić information content (AvgIpc) is 2.89. The molecule has 0 aliphatic rings. The second kappa shape index (κ2) is 13.2. The smallest absolute Gasteiger partial charge is 0.264 e. The molecule has 0 aliphatic heterocycles. The van der Waals surface area contributed by atoms with Gasteiger partial charge in [0.25, 0.3) is 10.0 Å². The standard InChI is InChI=1S/C28H31Cl2N3O5S/c1-19(2)31-28(35)20(3)32(17-21-7-5-8-22(29)15-21)27(34)18-33(24-10-6-9-23(30)16-24)39(36,37)26-13-11-25(38-4)12-14-26/h5-16,19-20H,17-18H2,1-4H3,(H,31,35)/t20-/m1/s1. The van der Waals surface area contributed by atoms with Crippen LogP contribution in [-0.4, -0.2) is 50.9 Å². The molecular weight excluding hydrogens is 561 g/mol. The highest BCUT2D eigenvalue weighted by atomic mass is 35.5. The van der Waals surface area contributed by atoms with E-state index in [0.717, 1.165) is 4.31 Å². The van der Waals surface area contributed by atoms with Gasteiger partial charge in [-0.05, 0) is 80.9 Å². The lowest BCUT2D eigenvalue weighted by molar-refractivity contribution is -0.139. The van der Waals surface area contributed by atoms with Crippen molar-refractivity contribution in [2.24, 2.45) is 0 Å². The largest absolute Gasteiger partial charge is 0.497 e. The summed E-state index contributed by atoms with van der Waals surface area (Å²) in [5, 5.41) is 3.59. The Bertz CT molecular complexity index is 1410. The zero-order chi connectivity index (χ0) is 28.7. The lowest BCUT2D eigenvalue weighted by Crippen LogP contribution is -2.52. The molecule has 208 valence electrons. The van der Waals surface area contributed by atoms with Crippen LogP contribution in [-0.2, 0) is 26.2 Å². The second-order valence-corrected chi connectivity index (χ2v) is 11.9. The number of ether oxygens (including phenoxy) is 1. The molecule has 2 amide bonds. The van der Waals surface area contributed by atoms with Crippen molar-refractivity contribution in [2.75, 3.05) is 18.0 Å². The van der Waals surface area contributed by atoms with E-state index in [1.807, 2.05) is 13.8 Å². The number of benzene rings is 3. The first kappa shape index (κ1) is 30.3. The minimum absolute atomic E-state index is 0.0388. The Labute approximate surface area is 239 Å². The molecular formula is C28H31Cl2N3O5S. The highest BCUT2D eigenvalue weighted by Crippen LogP contribution is 2.28. The maximum absolute atomic E-state index is 13.9. The van der Waals surface area contributed by atoms with Crippen molar-refractivity contribution >= 4 is 50.7 Å². The minimum atomic E-state index is -4.22. The second-order valence-electron chi connectivity index (χ2n) is 9.16. The van der Waals surface area contributed by atoms with Crippen LogP contribution >= 0.6 is 23.2 Å². The molecule has 0 heterocycles. The molecule has 0 radical (unpaired) electrons. The number of anilines is 1. The topological polar surface area (TPSA) is 96.0 Å². The number of sulfonamides is 1. The number of amides is 2. The number of hydrogen-bond donors (Lipinski definition) is 1. The van der Waals surface area contributed by atoms with Crippen molar-refractivity contribution in [3.63, 3.8) is 0 Å². The Morgan fingerprint density at radius 2 is 1.54 bits per heavy atom. The van der Waals surface area contributed by atoms with Crippen molar-refractivity contribution in [2.45, 2.75) is 44.3 Å². The summed E-state index contributed by atoms with van der Waals surface area (Å²) < 4.78 is 33.8. The van der Waals surface area contributed by atoms with Gasteiger partial charge >= 0.3 is 0 Å². The highest BCUT2D eigenvalue weighted by Gasteiger charge is 2.32. The Kier molecular flexibility index (Phi) is 10.2. The van der Waals surface area contributed by atoms with Crippen molar-refractivity contribution in [1.29, 1.82) is 0 Å². The molecule has 3 aromatic carbocycles. The van der Waals surface area contributed by atoms with E-state index >= 15 is 0 Å². The summed E-state index contributed by atoms with van der Waals surface area (Å²) in [7, 11) is -2.74. The first-order valence-corrected chi connectivity index (χ1v) is 14.4. The summed E-state index contributed by atoms with van der Waals surface area (Å²) >= 11 is 12.3. The summed E-state index contributed by atoms with van der Waals surface area (Å²) in [6, 6.07) is 17.9. The first-order valence-electron chi connectivity index (χ1n) is 12.2. The Balaban J connectivity index is 2.04. The van der Waals surface area contributed by atoms with E-state index in [-0.39, 0.29) is 29.1 Å². The van der Waals surface area contributed by atoms with Gasteiger partial charge in [0.15, 0.2) is 0 Å². The fourth-order valence-electron chi connectivity index (χ4n) is 3.85. The van der Waals surface area contributed by atoms with E-state index in [4.69, 9.17) is 27.9 Å². The van der Waals surface area contributed by atoms with Crippen LogP contribution in [0.3, 0.4) is 0 Å². The summed E-state index contributed by atoms with van der Waals surface area (Å²) in [5.74, 6) is -0.469. The van der Waals surface area contributed by atoms with Crippen molar-refractivity contribution in [3.05, 3.63) is 88.4 Å². The summed E-state index contributed by atoms with van der Waals surface area (Å²) in [6.45, 7) is 4.70. The number of nitrogens with one attached hydrogen (secondary N) is 1. The predicted octanol–water partition coefficient (Wildman–Crippen LogP) is 5.14. The third-order valence-corrected chi connectivity index (χ3v) is 8.12. The SMILES string of the molecule is COc1ccc(S(=O)(=O)N(CC(=O)N(Cc2cccc(Cl)c2)[C@H](C)C(=O)NC(C)C)c2cccc(Cl)c2)cc1. The molecule has 0 saturated carbocycles. The first-order chi connectivity index (χ1) is 18.4. The van der Waals surface area contributed by atoms with Gasteiger partial charge in [-0.1, -0.05) is 41.4 Å². The zero-order valence-corrected chi connectivity index (χ0v) is 24.4. The molecule has 0 aromatic heterocycles. The van der Waals surface area contributed by atoms with Gasteiger partial charge in [0.05, 0.1) is 17.7 Å². The zero-order valence-electron chi connectivity index (χ0n) is 22.1. The Hall–Kier alpha value is -3.27. The van der Waals surface area contributed by atoms with E-state index < -0.39 is 28.5 Å². The van der Waals surface area contributed by atoms with Crippen LogP contribution in [0.5, 0.6) is 5.75 Å². The molecule has 0 fully saturated rings. The van der Waals surface area contributed by atoms with Gasteiger partial charge in [0, 0.05) is 22.6 Å². The van der Waals surface area contributed by atoms with Crippen molar-refractivity contribution in [3.8, 4) is 5.75 Å². The minimum Gasteiger partial charge on any atom is -0.497 e. The molecule has 1 atom stereocenters. The number of hydrogen-bond acceptors (Lipinski definition) is 5. The maximum atomic E-state index is 13.9. The fourth-order valence-corrected chi connectivity index (χ4v) is 5.66. The molecule has 0 saturated heterocycles. The third-order valence-electron chi connectivity index (χ3n) is 5.86. The molecule has 0 unspecified atom stereocenters. The predicted molar refractivity (Wildman–Crippen MR) is 154 cm³/mol. The van der Waals surface area contributed by atoms with Gasteiger partial charge in [0.1, 0.15) is 18.3 Å². The molecule has 3 aromatic rings. The number of nitrogens with zero attached hydrogens (tertiary/aromatic N) is 2. The average molecular weight is 593 g/mol. The van der Waals surface area contributed by atoms with Gasteiger partial charge in [-0.2, -0.15) is 0 Å². The van der Waals surface area contributed by atoms with Crippen molar-refractivity contribution < 1.29 is 22.7 Å². The molecule has 3 rings (SSSR count). The van der Waals surface area contributed by atoms with Gasteiger partial charge in [-0.3, -0.25) is 13.9 Å². The number of carbonyl (C=O) groups is 2. The van der Waals surface area contributed by atoms with E-state index in [2.05, 4.69) is 5.32 Å². The maximum Gasteiger partial charge on any atom is 0.264 e. The van der Waals surface area contributed by atoms with Crippen LogP contribution in [0.1, 0.15) is 26.3 Å². The molecule has 0 spiro atoms. The van der Waals surface area contributed by atoms with Gasteiger partial charge < -0.3 is 15.0 Å². The summed E-state index contributed by atoms with van der Waals surface area (Å²) in [6.07, 6.45) is 0. The highest BCUT2D eigenvalue weighted by molar-refractivity contribution is 7.92. The van der Waals surface area contributed by atoms with Crippen LogP contribution in [0, 0.1) is 0 Å². The van der Waals surface area contributed by atoms with E-state index in [0.29, 0.717) is 21.4 Å². The van der Waals surface area contributed by atoms with Crippen LogP contribution in [0.2, 0.25) is 10.0 Å². The van der Waals surface area contributed by atoms with E-state index in [1.165, 1.54) is 42.3 Å². The monoisotopic (exact) mass is 591 g/mol. The van der Waals surface area contributed by atoms with E-state index in [1.54, 1.807) is 49.4 Å². The molecule has 0 aliphatic carbocycles. The lowest BCUT2D eigenvalue weighted by Gasteiger charge is -2.32. The quantitative estimate of drug-likeness (QED) is 0.333. The third kappa shape index (κ3) is 7.88. The number of halogens is 2. The summed E-state index contributed by atoms with van der Waals surface area (Å²) in [5.41, 5.74) is 0.890. The normalized spacial score (nSPS) is 12.1. The number of methoxy groups -OCH3 is 1. The summed E-state index contributed by atoms with van der Waals surface area (Å²) in [4.78, 5) is 28.1. The molecule has 1 N–H and O–H groups in total. The fraction of sp³-hybridized carbons (Fsp3) is 0.286. The van der Waals surface area contributed by atoms with Crippen LogP contribution in [0.15, 0.2) is 77.7 Å². The molecule has 8 nitrogen and oxygen atoms in total. The van der Waals surface area contributed by atoms with Crippen molar-refractivity contribution in [1.82, 2.24) is 10.2 Å². The molecule has 11 heteroatoms. The Morgan fingerprint density at radius 1 is 0.923 bits per heavy atom. The van der Waals surface area contributed by atoms with Crippen LogP contribution < -0.4 is 14.4 Å². The lowest BCUT2D eigenvalue weighted by atomic mass is 10.1. The van der Waals surface area contributed by atoms with Gasteiger partial charge in [-0.15, -0.1) is 0 Å². The van der Waals surface area contributed by atoms with Gasteiger partial charge in [-0.25, -0.2) is 8.42 Å². The Morgan fingerprint density at radius 3 is 2.10 bits per heavy atom. The van der Waals surface area contributed by atoms with Crippen LogP contribution in [0.4, 0.5) is 5.69 Å². The molecule has 0 bridgehead atoms. The van der Waals surface area contributed by atoms with E-state index in [9.17, 15) is 18.0 Å². The number of carbonyl (C=O) groups excluding carboxylic acids is 2. The molecule has 39 heavy (non-hydrogen) atoms.